The fraction of sp³-hybridized carbons (Fsp3) is 0. The number of carbonyl (C=O) groups is 2. The molecule has 0 unspecified atom stereocenters. The quantitative estimate of drug-likeness (QED) is 0.541. The van der Waals surface area contributed by atoms with Crippen LogP contribution in [0.15, 0.2) is 66.7 Å². The molecule has 0 bridgehead atoms. The molecule has 2 N–H and O–H groups in total. The van der Waals surface area contributed by atoms with Gasteiger partial charge >= 0.3 is 5.97 Å². The van der Waals surface area contributed by atoms with Gasteiger partial charge in [0.25, 0.3) is 0 Å². The molecule has 4 rings (SSSR count). The van der Waals surface area contributed by atoms with Gasteiger partial charge < -0.3 is 10.4 Å². The Balaban J connectivity index is 1.62. The lowest BCUT2D eigenvalue weighted by atomic mass is 10.1. The fourth-order valence-corrected chi connectivity index (χ4v) is 3.96. The first-order chi connectivity index (χ1) is 12.6. The summed E-state index contributed by atoms with van der Waals surface area (Å²) in [5.41, 5.74) is 1.11. The molecule has 1 radical (unpaired) electrons. The summed E-state index contributed by atoms with van der Waals surface area (Å²) >= 11 is 1.17. The van der Waals surface area contributed by atoms with E-state index in [9.17, 15) is 14.7 Å². The van der Waals surface area contributed by atoms with E-state index >= 15 is 0 Å². The molecule has 1 aromatic heterocycles. The Morgan fingerprint density at radius 3 is 2.46 bits per heavy atom. The number of nitrogens with one attached hydrogen (secondary N) is 1. The molecule has 4 aromatic rings. The van der Waals surface area contributed by atoms with Gasteiger partial charge in [-0.1, -0.05) is 48.5 Å². The molecule has 26 heavy (non-hydrogen) atoms. The van der Waals surface area contributed by atoms with E-state index in [1.54, 1.807) is 0 Å². The third-order valence-corrected chi connectivity index (χ3v) is 5.30. The zero-order valence-electron chi connectivity index (χ0n) is 13.6. The van der Waals surface area contributed by atoms with Gasteiger partial charge in [0.2, 0.25) is 5.91 Å². The Hall–Kier alpha value is -3.18. The van der Waals surface area contributed by atoms with Crippen molar-refractivity contribution >= 4 is 49.8 Å². The van der Waals surface area contributed by atoms with Crippen LogP contribution in [0.2, 0.25) is 0 Å². The molecular formula is C21H14NO3S. The van der Waals surface area contributed by atoms with E-state index in [-0.39, 0.29) is 10.8 Å². The second kappa shape index (κ2) is 6.61. The second-order valence-electron chi connectivity index (χ2n) is 5.84. The first kappa shape index (κ1) is 16.3. The Kier molecular flexibility index (Phi) is 4.14. The van der Waals surface area contributed by atoms with Crippen LogP contribution in [0, 0.1) is 6.42 Å². The summed E-state index contributed by atoms with van der Waals surface area (Å²) in [6, 6.07) is 20.9. The van der Waals surface area contributed by atoms with Crippen molar-refractivity contribution in [3.63, 3.8) is 0 Å². The first-order valence-corrected chi connectivity index (χ1v) is 8.83. The highest BCUT2D eigenvalue weighted by molar-refractivity contribution is 7.21. The molecule has 0 aliphatic heterocycles. The number of carbonyl (C=O) groups excluding carboxylic acids is 1. The van der Waals surface area contributed by atoms with E-state index in [2.05, 4.69) is 5.32 Å². The number of aromatic carboxylic acids is 1. The van der Waals surface area contributed by atoms with Crippen LogP contribution in [-0.2, 0) is 4.79 Å². The standard InChI is InChI=1S/C21H14NO3S/c23-19(22-15-10-9-13-5-1-2-6-14(13)11-15)12-17-16-7-3-4-8-18(16)26-20(17)21(24)25/h1-12H,(H,22,23)(H,24,25). The monoisotopic (exact) mass is 360 g/mol. The van der Waals surface area contributed by atoms with Gasteiger partial charge in [-0.05, 0) is 39.9 Å². The maximum atomic E-state index is 12.5. The number of fused-ring (bicyclic) bond motifs is 2. The predicted molar refractivity (Wildman–Crippen MR) is 105 cm³/mol. The number of carboxylic acids is 1. The minimum Gasteiger partial charge on any atom is -0.477 e. The van der Waals surface area contributed by atoms with Crippen LogP contribution in [-0.4, -0.2) is 17.0 Å². The molecule has 0 fully saturated rings. The van der Waals surface area contributed by atoms with Crippen molar-refractivity contribution in [1.82, 2.24) is 0 Å². The van der Waals surface area contributed by atoms with Crippen LogP contribution in [0.5, 0.6) is 0 Å². The van der Waals surface area contributed by atoms with Crippen molar-refractivity contribution in [3.8, 4) is 0 Å². The third-order valence-electron chi connectivity index (χ3n) is 4.12. The Bertz CT molecular complexity index is 1150. The smallest absolute Gasteiger partial charge is 0.346 e. The van der Waals surface area contributed by atoms with Gasteiger partial charge in [-0.25, -0.2) is 4.79 Å². The van der Waals surface area contributed by atoms with Crippen LogP contribution in [0.4, 0.5) is 5.69 Å². The number of benzene rings is 3. The summed E-state index contributed by atoms with van der Waals surface area (Å²) in [4.78, 5) is 24.2. The lowest BCUT2D eigenvalue weighted by Gasteiger charge is -2.07. The van der Waals surface area contributed by atoms with E-state index in [1.807, 2.05) is 66.7 Å². The zero-order chi connectivity index (χ0) is 18.1. The number of anilines is 1. The molecular weight excluding hydrogens is 346 g/mol. The summed E-state index contributed by atoms with van der Waals surface area (Å²) in [6.45, 7) is 0. The van der Waals surface area contributed by atoms with Gasteiger partial charge in [-0.2, -0.15) is 0 Å². The van der Waals surface area contributed by atoms with Crippen LogP contribution >= 0.6 is 11.3 Å². The summed E-state index contributed by atoms with van der Waals surface area (Å²) in [6.07, 6.45) is 1.36. The molecule has 0 saturated heterocycles. The molecule has 5 heteroatoms. The number of carboxylic acid groups (broad SMARTS) is 1. The number of thiophene rings is 1. The van der Waals surface area contributed by atoms with Gasteiger partial charge in [0.1, 0.15) is 4.88 Å². The maximum Gasteiger partial charge on any atom is 0.346 e. The number of amides is 1. The Morgan fingerprint density at radius 1 is 0.923 bits per heavy atom. The highest BCUT2D eigenvalue weighted by atomic mass is 32.1. The molecule has 1 amide bonds. The van der Waals surface area contributed by atoms with E-state index in [0.29, 0.717) is 11.3 Å². The average Bonchev–Trinajstić information content (AvgIpc) is 3.00. The zero-order valence-corrected chi connectivity index (χ0v) is 14.4. The molecule has 0 spiro atoms. The summed E-state index contributed by atoms with van der Waals surface area (Å²) in [7, 11) is 0. The third kappa shape index (κ3) is 3.05. The van der Waals surface area contributed by atoms with Gasteiger partial charge in [0.05, 0.1) is 6.42 Å². The lowest BCUT2D eigenvalue weighted by molar-refractivity contribution is -0.112. The Labute approximate surface area is 153 Å². The van der Waals surface area contributed by atoms with Crippen LogP contribution in [0.1, 0.15) is 15.2 Å². The average molecular weight is 360 g/mol. The van der Waals surface area contributed by atoms with E-state index in [4.69, 9.17) is 0 Å². The molecule has 127 valence electrons. The largest absolute Gasteiger partial charge is 0.477 e. The van der Waals surface area contributed by atoms with E-state index < -0.39 is 5.97 Å². The molecule has 3 aromatic carbocycles. The van der Waals surface area contributed by atoms with Crippen LogP contribution in [0.25, 0.3) is 20.9 Å². The number of hydrogen-bond acceptors (Lipinski definition) is 3. The van der Waals surface area contributed by atoms with Crippen molar-refractivity contribution < 1.29 is 14.7 Å². The maximum absolute atomic E-state index is 12.5. The summed E-state index contributed by atoms with van der Waals surface area (Å²) in [5.74, 6) is -1.39. The fourth-order valence-electron chi connectivity index (χ4n) is 2.94. The molecule has 0 saturated carbocycles. The van der Waals surface area contributed by atoms with Crippen molar-refractivity contribution in [2.45, 2.75) is 0 Å². The van der Waals surface area contributed by atoms with E-state index in [1.165, 1.54) is 17.8 Å². The molecule has 0 atom stereocenters. The van der Waals surface area contributed by atoms with Crippen molar-refractivity contribution in [2.24, 2.45) is 0 Å². The van der Waals surface area contributed by atoms with E-state index in [0.717, 1.165) is 20.9 Å². The van der Waals surface area contributed by atoms with Gasteiger partial charge in [-0.15, -0.1) is 11.3 Å². The SMILES string of the molecule is O=C([CH]c1c(C(=O)O)sc2ccccc12)Nc1ccc2ccccc2c1. The number of hydrogen-bond donors (Lipinski definition) is 2. The highest BCUT2D eigenvalue weighted by Crippen LogP contribution is 2.32. The van der Waals surface area contributed by atoms with Crippen molar-refractivity contribution in [3.05, 3.63) is 83.6 Å². The predicted octanol–water partition coefficient (Wildman–Crippen LogP) is 4.94. The molecule has 0 aliphatic carbocycles. The summed E-state index contributed by atoms with van der Waals surface area (Å²) < 4.78 is 0.842. The lowest BCUT2D eigenvalue weighted by Crippen LogP contribution is -2.13. The summed E-state index contributed by atoms with van der Waals surface area (Å²) in [5, 5.41) is 15.1. The second-order valence-corrected chi connectivity index (χ2v) is 6.89. The van der Waals surface area contributed by atoms with Gasteiger partial charge in [0.15, 0.2) is 0 Å². The van der Waals surface area contributed by atoms with Gasteiger partial charge in [-0.3, -0.25) is 4.79 Å². The molecule has 4 nitrogen and oxygen atoms in total. The normalized spacial score (nSPS) is 10.9. The molecule has 0 aliphatic rings. The number of rotatable bonds is 4. The van der Waals surface area contributed by atoms with Crippen LogP contribution in [0.3, 0.4) is 0 Å². The Morgan fingerprint density at radius 2 is 1.65 bits per heavy atom. The minimum atomic E-state index is -1.03. The van der Waals surface area contributed by atoms with Crippen LogP contribution < -0.4 is 5.32 Å². The van der Waals surface area contributed by atoms with Crippen molar-refractivity contribution in [1.29, 1.82) is 0 Å². The van der Waals surface area contributed by atoms with Crippen molar-refractivity contribution in [2.75, 3.05) is 5.32 Å². The van der Waals surface area contributed by atoms with Gasteiger partial charge in [0, 0.05) is 10.4 Å². The minimum absolute atomic E-state index is 0.167. The highest BCUT2D eigenvalue weighted by Gasteiger charge is 2.20. The molecule has 1 heterocycles. The topological polar surface area (TPSA) is 66.4 Å². The first-order valence-electron chi connectivity index (χ1n) is 8.01.